The number of hydrogen-bond acceptors (Lipinski definition) is 3. The molecule has 1 amide bonds. The van der Waals surface area contributed by atoms with Gasteiger partial charge in [0.15, 0.2) is 11.5 Å². The van der Waals surface area contributed by atoms with E-state index in [0.717, 1.165) is 12.0 Å². The van der Waals surface area contributed by atoms with Gasteiger partial charge in [0.2, 0.25) is 0 Å². The summed E-state index contributed by atoms with van der Waals surface area (Å²) in [5.41, 5.74) is 1.80. The van der Waals surface area contributed by atoms with Crippen LogP contribution in [0.4, 0.5) is 4.39 Å². The van der Waals surface area contributed by atoms with Crippen LogP contribution in [0.2, 0.25) is 0 Å². The molecular formula is C19H19FN2O3. The first-order valence-electron chi connectivity index (χ1n) is 8.08. The molecule has 0 radical (unpaired) electrons. The van der Waals surface area contributed by atoms with E-state index in [-0.39, 0.29) is 24.0 Å². The number of hydrogen-bond donors (Lipinski definition) is 3. The molecule has 25 heavy (non-hydrogen) atoms. The number of carbonyl (C=O) groups is 1. The van der Waals surface area contributed by atoms with E-state index in [1.54, 1.807) is 30.3 Å². The molecular weight excluding hydrogens is 323 g/mol. The summed E-state index contributed by atoms with van der Waals surface area (Å²) < 4.78 is 18.6. The summed E-state index contributed by atoms with van der Waals surface area (Å²) in [5, 5.41) is 13.3. The number of nitrogens with one attached hydrogen (secondary N) is 2. The van der Waals surface area contributed by atoms with Crippen LogP contribution < -0.4 is 10.1 Å². The van der Waals surface area contributed by atoms with E-state index < -0.39 is 0 Å². The first-order chi connectivity index (χ1) is 12.1. The van der Waals surface area contributed by atoms with Gasteiger partial charge in [0, 0.05) is 17.4 Å². The minimum atomic E-state index is -0.348. The van der Waals surface area contributed by atoms with Crippen molar-refractivity contribution < 1.29 is 19.0 Å². The van der Waals surface area contributed by atoms with E-state index in [0.29, 0.717) is 29.0 Å². The lowest BCUT2D eigenvalue weighted by atomic mass is 10.2. The van der Waals surface area contributed by atoms with Crippen LogP contribution in [0.1, 0.15) is 29.4 Å². The molecule has 3 rings (SSSR count). The van der Waals surface area contributed by atoms with Gasteiger partial charge in [-0.1, -0.05) is 13.0 Å². The average molecular weight is 342 g/mol. The number of rotatable bonds is 6. The van der Waals surface area contributed by atoms with Gasteiger partial charge in [-0.05, 0) is 48.4 Å². The quantitative estimate of drug-likeness (QED) is 0.639. The van der Waals surface area contributed by atoms with E-state index in [1.165, 1.54) is 12.1 Å². The number of amides is 1. The molecule has 0 spiro atoms. The van der Waals surface area contributed by atoms with Crippen molar-refractivity contribution in [3.8, 4) is 11.5 Å². The zero-order valence-corrected chi connectivity index (χ0v) is 13.8. The molecule has 3 aromatic rings. The maximum atomic E-state index is 13.2. The third-order valence-electron chi connectivity index (χ3n) is 3.77. The van der Waals surface area contributed by atoms with Crippen LogP contribution in [0, 0.1) is 5.82 Å². The Morgan fingerprint density at radius 3 is 2.84 bits per heavy atom. The van der Waals surface area contributed by atoms with Crippen molar-refractivity contribution in [1.82, 2.24) is 10.3 Å². The fraction of sp³-hybridized carbons (Fsp3) is 0.211. The number of halogens is 1. The standard InChI is InChI=1S/C19H19FN2O3/c1-2-7-25-18-6-3-12(8-17(18)23)11-21-19(24)16-10-13-9-14(20)4-5-15(13)22-16/h3-6,8-10,22-23H,2,7,11H2,1H3,(H,21,24). The molecule has 0 saturated carbocycles. The largest absolute Gasteiger partial charge is 0.504 e. The molecule has 3 N–H and O–H groups in total. The predicted molar refractivity (Wildman–Crippen MR) is 93.3 cm³/mol. The van der Waals surface area contributed by atoms with Crippen molar-refractivity contribution in [2.24, 2.45) is 0 Å². The van der Waals surface area contributed by atoms with Crippen molar-refractivity contribution in [3.63, 3.8) is 0 Å². The van der Waals surface area contributed by atoms with E-state index >= 15 is 0 Å². The molecule has 1 heterocycles. The lowest BCUT2D eigenvalue weighted by molar-refractivity contribution is 0.0946. The van der Waals surface area contributed by atoms with E-state index in [2.05, 4.69) is 10.3 Å². The number of phenolic OH excluding ortho intramolecular Hbond substituents is 1. The highest BCUT2D eigenvalue weighted by molar-refractivity contribution is 5.97. The Kier molecular flexibility index (Phi) is 4.88. The molecule has 0 fully saturated rings. The molecule has 0 saturated heterocycles. The van der Waals surface area contributed by atoms with Crippen LogP contribution in [0.5, 0.6) is 11.5 Å². The molecule has 1 aromatic heterocycles. The third-order valence-corrected chi connectivity index (χ3v) is 3.77. The van der Waals surface area contributed by atoms with Gasteiger partial charge < -0.3 is 20.1 Å². The Bertz CT molecular complexity index is 905. The van der Waals surface area contributed by atoms with Gasteiger partial charge in [0.05, 0.1) is 6.61 Å². The maximum absolute atomic E-state index is 13.2. The van der Waals surface area contributed by atoms with Gasteiger partial charge in [-0.3, -0.25) is 4.79 Å². The molecule has 0 aliphatic heterocycles. The van der Waals surface area contributed by atoms with Gasteiger partial charge in [-0.2, -0.15) is 0 Å². The first kappa shape index (κ1) is 16.8. The highest BCUT2D eigenvalue weighted by Gasteiger charge is 2.10. The number of fused-ring (bicyclic) bond motifs is 1. The zero-order chi connectivity index (χ0) is 17.8. The monoisotopic (exact) mass is 342 g/mol. The molecule has 130 valence electrons. The van der Waals surface area contributed by atoms with Crippen LogP contribution in [-0.4, -0.2) is 22.6 Å². The molecule has 5 nitrogen and oxygen atoms in total. The fourth-order valence-corrected chi connectivity index (χ4v) is 2.51. The Morgan fingerprint density at radius 1 is 1.24 bits per heavy atom. The molecule has 0 bridgehead atoms. The van der Waals surface area contributed by atoms with Gasteiger partial charge in [-0.25, -0.2) is 4.39 Å². The van der Waals surface area contributed by atoms with Gasteiger partial charge in [0.1, 0.15) is 11.5 Å². The van der Waals surface area contributed by atoms with Crippen molar-refractivity contribution in [3.05, 3.63) is 59.5 Å². The van der Waals surface area contributed by atoms with Crippen LogP contribution in [-0.2, 0) is 6.54 Å². The van der Waals surface area contributed by atoms with Crippen LogP contribution in [0.3, 0.4) is 0 Å². The van der Waals surface area contributed by atoms with Gasteiger partial charge in [0.25, 0.3) is 5.91 Å². The summed E-state index contributed by atoms with van der Waals surface area (Å²) in [6, 6.07) is 10.9. The van der Waals surface area contributed by atoms with Crippen molar-refractivity contribution in [1.29, 1.82) is 0 Å². The predicted octanol–water partition coefficient (Wildman–Crippen LogP) is 3.73. The summed E-state index contributed by atoms with van der Waals surface area (Å²) >= 11 is 0. The van der Waals surface area contributed by atoms with Crippen molar-refractivity contribution in [2.75, 3.05) is 6.61 Å². The average Bonchev–Trinajstić information content (AvgIpc) is 3.02. The lowest BCUT2D eigenvalue weighted by Crippen LogP contribution is -2.23. The Balaban J connectivity index is 1.65. The van der Waals surface area contributed by atoms with Gasteiger partial charge in [-0.15, -0.1) is 0 Å². The van der Waals surface area contributed by atoms with Gasteiger partial charge >= 0.3 is 0 Å². The van der Waals surface area contributed by atoms with Crippen LogP contribution in [0.15, 0.2) is 42.5 Å². The van der Waals surface area contributed by atoms with Crippen molar-refractivity contribution >= 4 is 16.8 Å². The minimum absolute atomic E-state index is 0.0429. The van der Waals surface area contributed by atoms with Crippen LogP contribution in [0.25, 0.3) is 10.9 Å². The summed E-state index contributed by atoms with van der Waals surface area (Å²) in [7, 11) is 0. The molecule has 2 aromatic carbocycles. The Hall–Kier alpha value is -3.02. The Morgan fingerprint density at radius 2 is 2.08 bits per heavy atom. The number of benzene rings is 2. The highest BCUT2D eigenvalue weighted by Crippen LogP contribution is 2.27. The zero-order valence-electron chi connectivity index (χ0n) is 13.8. The normalized spacial score (nSPS) is 10.8. The number of aromatic nitrogens is 1. The van der Waals surface area contributed by atoms with Crippen molar-refractivity contribution in [2.45, 2.75) is 19.9 Å². The van der Waals surface area contributed by atoms with Crippen LogP contribution >= 0.6 is 0 Å². The van der Waals surface area contributed by atoms with E-state index in [1.807, 2.05) is 6.92 Å². The maximum Gasteiger partial charge on any atom is 0.267 e. The minimum Gasteiger partial charge on any atom is -0.504 e. The molecule has 0 unspecified atom stereocenters. The number of carbonyl (C=O) groups excluding carboxylic acids is 1. The number of ether oxygens (including phenoxy) is 1. The number of aromatic hydroxyl groups is 1. The summed E-state index contributed by atoms with van der Waals surface area (Å²) in [6.07, 6.45) is 0.853. The number of phenols is 1. The second kappa shape index (κ2) is 7.25. The SMILES string of the molecule is CCCOc1ccc(CNC(=O)c2cc3cc(F)ccc3[nH]2)cc1O. The second-order valence-corrected chi connectivity index (χ2v) is 5.75. The fourth-order valence-electron chi connectivity index (χ4n) is 2.51. The number of aromatic amines is 1. The highest BCUT2D eigenvalue weighted by atomic mass is 19.1. The smallest absolute Gasteiger partial charge is 0.267 e. The first-order valence-corrected chi connectivity index (χ1v) is 8.08. The lowest BCUT2D eigenvalue weighted by Gasteiger charge is -2.09. The Labute approximate surface area is 144 Å². The third kappa shape index (κ3) is 3.91. The summed E-state index contributed by atoms with van der Waals surface area (Å²) in [5.74, 6) is -0.183. The molecule has 0 aliphatic carbocycles. The van der Waals surface area contributed by atoms with E-state index in [4.69, 9.17) is 4.74 Å². The summed E-state index contributed by atoms with van der Waals surface area (Å²) in [4.78, 5) is 15.2. The second-order valence-electron chi connectivity index (χ2n) is 5.75. The van der Waals surface area contributed by atoms with E-state index in [9.17, 15) is 14.3 Å². The molecule has 0 atom stereocenters. The topological polar surface area (TPSA) is 74.3 Å². The summed E-state index contributed by atoms with van der Waals surface area (Å²) in [6.45, 7) is 2.77. The molecule has 0 aliphatic rings. The number of H-pyrrole nitrogens is 1. The molecule has 6 heteroatoms.